The third-order valence-corrected chi connectivity index (χ3v) is 2.82. The van der Waals surface area contributed by atoms with Crippen LogP contribution in [0.25, 0.3) is 0 Å². The van der Waals surface area contributed by atoms with Crippen LogP contribution in [0.15, 0.2) is 18.2 Å². The van der Waals surface area contributed by atoms with E-state index in [1.165, 1.54) is 13.2 Å². The highest BCUT2D eigenvalue weighted by atomic mass is 16.5. The van der Waals surface area contributed by atoms with Gasteiger partial charge < -0.3 is 15.2 Å². The lowest BCUT2D eigenvalue weighted by molar-refractivity contribution is -0.121. The third kappa shape index (κ3) is 4.37. The van der Waals surface area contributed by atoms with Crippen LogP contribution in [0, 0.1) is 6.92 Å². The lowest BCUT2D eigenvalue weighted by Gasteiger charge is -2.22. The van der Waals surface area contributed by atoms with Gasteiger partial charge in [0.1, 0.15) is 0 Å². The quantitative estimate of drug-likeness (QED) is 0.857. The molecular weight excluding hydrogens is 246 g/mol. The maximum Gasteiger partial charge on any atom is 0.337 e. The fraction of sp³-hybridized carbons (Fsp3) is 0.429. The van der Waals surface area contributed by atoms with E-state index in [0.29, 0.717) is 5.69 Å². The van der Waals surface area contributed by atoms with E-state index in [4.69, 9.17) is 9.84 Å². The van der Waals surface area contributed by atoms with E-state index >= 15 is 0 Å². The molecule has 0 aliphatic rings. The lowest BCUT2D eigenvalue weighted by Crippen LogP contribution is -2.29. The average molecular weight is 265 g/mol. The first-order valence-corrected chi connectivity index (χ1v) is 5.94. The average Bonchev–Trinajstić information content (AvgIpc) is 2.30. The summed E-state index contributed by atoms with van der Waals surface area (Å²) in [5.74, 6) is -1.34. The van der Waals surface area contributed by atoms with Crippen LogP contribution < -0.4 is 5.32 Å². The largest absolute Gasteiger partial charge is 0.478 e. The smallest absolute Gasteiger partial charge is 0.337 e. The van der Waals surface area contributed by atoms with Gasteiger partial charge in [0, 0.05) is 7.11 Å². The molecule has 0 heterocycles. The summed E-state index contributed by atoms with van der Waals surface area (Å²) in [5.41, 5.74) is 0.629. The van der Waals surface area contributed by atoms with Crippen LogP contribution in [0.1, 0.15) is 36.2 Å². The minimum atomic E-state index is -1.06. The van der Waals surface area contributed by atoms with Gasteiger partial charge >= 0.3 is 5.97 Å². The van der Waals surface area contributed by atoms with Crippen LogP contribution in [0.5, 0.6) is 0 Å². The van der Waals surface area contributed by atoms with Crippen molar-refractivity contribution in [1.29, 1.82) is 0 Å². The molecule has 0 saturated carbocycles. The third-order valence-electron chi connectivity index (χ3n) is 2.82. The summed E-state index contributed by atoms with van der Waals surface area (Å²) in [4.78, 5) is 23.0. The molecule has 5 heteroatoms. The number of ether oxygens (including phenoxy) is 1. The Bertz CT molecular complexity index is 494. The summed E-state index contributed by atoms with van der Waals surface area (Å²) < 4.78 is 5.17. The first kappa shape index (κ1) is 15.2. The first-order chi connectivity index (χ1) is 8.75. The molecule has 0 atom stereocenters. The molecule has 19 heavy (non-hydrogen) atoms. The Morgan fingerprint density at radius 2 is 2.00 bits per heavy atom. The summed E-state index contributed by atoms with van der Waals surface area (Å²) in [5, 5.41) is 11.7. The molecule has 0 aliphatic heterocycles. The zero-order valence-corrected chi connectivity index (χ0v) is 11.6. The highest BCUT2D eigenvalue weighted by molar-refractivity contribution is 6.00. The van der Waals surface area contributed by atoms with Crippen LogP contribution in [0.2, 0.25) is 0 Å². The maximum absolute atomic E-state index is 11.9. The van der Waals surface area contributed by atoms with E-state index in [9.17, 15) is 9.59 Å². The Balaban J connectivity index is 2.88. The number of rotatable bonds is 5. The Kier molecular flexibility index (Phi) is 4.67. The Morgan fingerprint density at radius 3 is 2.53 bits per heavy atom. The number of benzene rings is 1. The number of hydrogen-bond acceptors (Lipinski definition) is 3. The molecule has 0 aliphatic carbocycles. The predicted molar refractivity (Wildman–Crippen MR) is 72.5 cm³/mol. The van der Waals surface area contributed by atoms with Gasteiger partial charge in [-0.25, -0.2) is 4.79 Å². The Hall–Kier alpha value is -1.88. The highest BCUT2D eigenvalue weighted by Gasteiger charge is 2.22. The molecule has 0 bridgehead atoms. The normalized spacial score (nSPS) is 11.2. The number of aromatic carboxylic acids is 1. The number of carbonyl (C=O) groups excluding carboxylic acids is 1. The molecule has 0 radical (unpaired) electrons. The number of aryl methyl sites for hydroxylation is 1. The summed E-state index contributed by atoms with van der Waals surface area (Å²) in [6, 6.07) is 4.87. The van der Waals surface area contributed by atoms with E-state index in [2.05, 4.69) is 5.32 Å². The topological polar surface area (TPSA) is 75.6 Å². The van der Waals surface area contributed by atoms with Gasteiger partial charge in [0.25, 0.3) is 0 Å². The number of anilines is 1. The van der Waals surface area contributed by atoms with Gasteiger partial charge in [-0.1, -0.05) is 11.6 Å². The zero-order valence-electron chi connectivity index (χ0n) is 11.6. The number of amides is 1. The van der Waals surface area contributed by atoms with Crippen molar-refractivity contribution in [2.24, 2.45) is 0 Å². The molecule has 0 aromatic heterocycles. The van der Waals surface area contributed by atoms with Crippen molar-refractivity contribution in [2.75, 3.05) is 12.4 Å². The SMILES string of the molecule is COC(C)(C)CC(=O)Nc1ccc(C)cc1C(=O)O. The van der Waals surface area contributed by atoms with Crippen LogP contribution in [-0.4, -0.2) is 29.7 Å². The van der Waals surface area contributed by atoms with E-state index in [-0.39, 0.29) is 17.9 Å². The maximum atomic E-state index is 11.9. The van der Waals surface area contributed by atoms with E-state index < -0.39 is 11.6 Å². The number of nitrogens with one attached hydrogen (secondary N) is 1. The molecule has 0 saturated heterocycles. The lowest BCUT2D eigenvalue weighted by atomic mass is 10.0. The summed E-state index contributed by atoms with van der Waals surface area (Å²) in [6.07, 6.45) is 0.149. The molecule has 1 rings (SSSR count). The predicted octanol–water partition coefficient (Wildman–Crippen LogP) is 2.45. The number of carboxylic acid groups (broad SMARTS) is 1. The highest BCUT2D eigenvalue weighted by Crippen LogP contribution is 2.19. The minimum Gasteiger partial charge on any atom is -0.478 e. The number of hydrogen-bond donors (Lipinski definition) is 2. The van der Waals surface area contributed by atoms with Gasteiger partial charge in [-0.3, -0.25) is 4.79 Å². The van der Waals surface area contributed by atoms with E-state index in [0.717, 1.165) is 5.56 Å². The standard InChI is InChI=1S/C14H19NO4/c1-9-5-6-11(10(7-9)13(17)18)15-12(16)8-14(2,3)19-4/h5-7H,8H2,1-4H3,(H,15,16)(H,17,18). The fourth-order valence-electron chi connectivity index (χ4n) is 1.60. The van der Waals surface area contributed by atoms with Gasteiger partial charge in [0.2, 0.25) is 5.91 Å². The van der Waals surface area contributed by atoms with Crippen LogP contribution in [0.4, 0.5) is 5.69 Å². The molecule has 0 fully saturated rings. The molecule has 1 aromatic rings. The minimum absolute atomic E-state index is 0.0866. The van der Waals surface area contributed by atoms with Gasteiger partial charge in [0.05, 0.1) is 23.3 Å². The zero-order chi connectivity index (χ0) is 14.6. The molecule has 1 aromatic carbocycles. The number of carboxylic acids is 1. The number of carbonyl (C=O) groups is 2. The second-order valence-corrected chi connectivity index (χ2v) is 5.04. The van der Waals surface area contributed by atoms with Gasteiger partial charge in [0.15, 0.2) is 0 Å². The van der Waals surface area contributed by atoms with Crippen molar-refractivity contribution in [3.05, 3.63) is 29.3 Å². The molecule has 104 valence electrons. The summed E-state index contributed by atoms with van der Waals surface area (Å²) >= 11 is 0. The Labute approximate surface area is 112 Å². The summed E-state index contributed by atoms with van der Waals surface area (Å²) in [6.45, 7) is 5.38. The fourth-order valence-corrected chi connectivity index (χ4v) is 1.60. The van der Waals surface area contributed by atoms with Gasteiger partial charge in [-0.15, -0.1) is 0 Å². The second kappa shape index (κ2) is 5.84. The Morgan fingerprint density at radius 1 is 1.37 bits per heavy atom. The summed E-state index contributed by atoms with van der Waals surface area (Å²) in [7, 11) is 1.53. The van der Waals surface area contributed by atoms with Crippen molar-refractivity contribution in [3.8, 4) is 0 Å². The van der Waals surface area contributed by atoms with E-state index in [1.54, 1.807) is 32.9 Å². The van der Waals surface area contributed by atoms with Crippen LogP contribution in [0.3, 0.4) is 0 Å². The van der Waals surface area contributed by atoms with Crippen molar-refractivity contribution < 1.29 is 19.4 Å². The first-order valence-electron chi connectivity index (χ1n) is 5.94. The molecule has 2 N–H and O–H groups in total. The molecule has 0 spiro atoms. The molecule has 1 amide bonds. The van der Waals surface area contributed by atoms with Crippen LogP contribution >= 0.6 is 0 Å². The van der Waals surface area contributed by atoms with Crippen molar-refractivity contribution in [3.63, 3.8) is 0 Å². The van der Waals surface area contributed by atoms with Gasteiger partial charge in [-0.2, -0.15) is 0 Å². The van der Waals surface area contributed by atoms with Crippen LogP contribution in [-0.2, 0) is 9.53 Å². The second-order valence-electron chi connectivity index (χ2n) is 5.04. The monoisotopic (exact) mass is 265 g/mol. The van der Waals surface area contributed by atoms with Crippen molar-refractivity contribution in [2.45, 2.75) is 32.8 Å². The van der Waals surface area contributed by atoms with Gasteiger partial charge in [-0.05, 0) is 32.9 Å². The number of methoxy groups -OCH3 is 1. The van der Waals surface area contributed by atoms with Crippen molar-refractivity contribution >= 4 is 17.6 Å². The van der Waals surface area contributed by atoms with Crippen molar-refractivity contribution in [1.82, 2.24) is 0 Å². The molecule has 5 nitrogen and oxygen atoms in total. The molecular formula is C14H19NO4. The van der Waals surface area contributed by atoms with E-state index in [1.807, 2.05) is 0 Å². The molecule has 0 unspecified atom stereocenters.